The number of hydrogen-bond donors (Lipinski definition) is 2. The molecule has 0 amide bonds. The summed E-state index contributed by atoms with van der Waals surface area (Å²) in [6.07, 6.45) is 1.70. The van der Waals surface area contributed by atoms with Crippen molar-refractivity contribution in [3.8, 4) is 5.75 Å². The minimum atomic E-state index is -0.461. The number of para-hydroxylation sites is 1. The molecule has 2 N–H and O–H groups in total. The van der Waals surface area contributed by atoms with Gasteiger partial charge >= 0.3 is 5.97 Å². The van der Waals surface area contributed by atoms with Crippen LogP contribution in [-0.2, 0) is 9.53 Å². The van der Waals surface area contributed by atoms with Gasteiger partial charge in [-0.3, -0.25) is 5.10 Å². The first-order valence-electron chi connectivity index (χ1n) is 6.85. The molecule has 0 fully saturated rings. The van der Waals surface area contributed by atoms with E-state index in [9.17, 15) is 4.79 Å². The lowest BCUT2D eigenvalue weighted by atomic mass is 10.1. The number of nitrogens with one attached hydrogen (secondary N) is 2. The van der Waals surface area contributed by atoms with Gasteiger partial charge in [0, 0.05) is 11.3 Å². The monoisotopic (exact) mass is 301 g/mol. The Morgan fingerprint density at radius 3 is 2.64 bits per heavy atom. The molecular weight excluding hydrogens is 282 g/mol. The van der Waals surface area contributed by atoms with Gasteiger partial charge in [-0.15, -0.1) is 0 Å². The van der Waals surface area contributed by atoms with E-state index in [1.165, 1.54) is 7.11 Å². The molecule has 0 unspecified atom stereocenters. The van der Waals surface area contributed by atoms with Crippen molar-refractivity contribution >= 4 is 12.0 Å². The van der Waals surface area contributed by atoms with E-state index in [1.54, 1.807) is 6.08 Å². The quantitative estimate of drug-likeness (QED) is 0.486. The first-order chi connectivity index (χ1) is 10.6. The van der Waals surface area contributed by atoms with Crippen LogP contribution in [0, 0.1) is 13.8 Å². The fraction of sp³-hybridized carbons (Fsp3) is 0.250. The third kappa shape index (κ3) is 3.88. The van der Waals surface area contributed by atoms with Gasteiger partial charge in [0.2, 0.25) is 0 Å². The number of aromatic amines is 1. The van der Waals surface area contributed by atoms with Gasteiger partial charge in [-0.1, -0.05) is 18.2 Å². The number of nitrogens with zero attached hydrogens (tertiary/aromatic N) is 1. The summed E-state index contributed by atoms with van der Waals surface area (Å²) in [6.45, 7) is 3.91. The lowest BCUT2D eigenvalue weighted by molar-refractivity contribution is -0.136. The number of esters is 1. The highest BCUT2D eigenvalue weighted by molar-refractivity contribution is 5.93. The standard InChI is InChI=1S/C16H19N3O3/c1-11-14(12(2)19-18-11)9-15(16(20)21-3)17-10-22-13-7-5-4-6-8-13/h4-9,17H,10H2,1-3H3,(H,18,19)/b15-9-. The van der Waals surface area contributed by atoms with Crippen LogP contribution >= 0.6 is 0 Å². The van der Waals surface area contributed by atoms with E-state index in [1.807, 2.05) is 44.2 Å². The number of rotatable bonds is 6. The zero-order valence-electron chi connectivity index (χ0n) is 12.8. The van der Waals surface area contributed by atoms with Crippen LogP contribution in [0.2, 0.25) is 0 Å². The first-order valence-corrected chi connectivity index (χ1v) is 6.85. The third-order valence-corrected chi connectivity index (χ3v) is 3.12. The Morgan fingerprint density at radius 1 is 1.32 bits per heavy atom. The molecule has 1 aromatic heterocycles. The highest BCUT2D eigenvalue weighted by atomic mass is 16.5. The maximum absolute atomic E-state index is 11.9. The van der Waals surface area contributed by atoms with Crippen molar-refractivity contribution in [3.05, 3.63) is 53.0 Å². The number of carbonyl (C=O) groups excluding carboxylic acids is 1. The number of methoxy groups -OCH3 is 1. The van der Waals surface area contributed by atoms with Crippen molar-refractivity contribution in [1.29, 1.82) is 0 Å². The molecule has 6 nitrogen and oxygen atoms in total. The van der Waals surface area contributed by atoms with Crippen LogP contribution in [-0.4, -0.2) is 30.0 Å². The zero-order chi connectivity index (χ0) is 15.9. The van der Waals surface area contributed by atoms with Crippen LogP contribution in [0.25, 0.3) is 6.08 Å². The normalized spacial score (nSPS) is 11.1. The van der Waals surface area contributed by atoms with Crippen molar-refractivity contribution in [2.75, 3.05) is 13.8 Å². The van der Waals surface area contributed by atoms with E-state index in [2.05, 4.69) is 15.5 Å². The molecule has 0 spiro atoms. The summed E-state index contributed by atoms with van der Waals surface area (Å²) in [7, 11) is 1.34. The molecule has 1 aromatic carbocycles. The molecule has 2 aromatic rings. The van der Waals surface area contributed by atoms with Crippen molar-refractivity contribution < 1.29 is 14.3 Å². The Bertz CT molecular complexity index is 643. The molecule has 0 bridgehead atoms. The zero-order valence-corrected chi connectivity index (χ0v) is 12.8. The molecule has 6 heteroatoms. The van der Waals surface area contributed by atoms with Crippen LogP contribution in [0.3, 0.4) is 0 Å². The fourth-order valence-corrected chi connectivity index (χ4v) is 1.92. The van der Waals surface area contributed by atoms with E-state index < -0.39 is 5.97 Å². The summed E-state index contributed by atoms with van der Waals surface area (Å²) >= 11 is 0. The number of aromatic nitrogens is 2. The Hall–Kier alpha value is -2.76. The number of carbonyl (C=O) groups is 1. The summed E-state index contributed by atoms with van der Waals surface area (Å²) in [4.78, 5) is 11.9. The molecular formula is C16H19N3O3. The molecule has 0 aliphatic rings. The van der Waals surface area contributed by atoms with Gasteiger partial charge in [-0.05, 0) is 32.1 Å². The van der Waals surface area contributed by atoms with E-state index in [0.717, 1.165) is 22.7 Å². The molecule has 116 valence electrons. The van der Waals surface area contributed by atoms with E-state index in [-0.39, 0.29) is 6.73 Å². The van der Waals surface area contributed by atoms with Crippen LogP contribution in [0.4, 0.5) is 0 Å². The van der Waals surface area contributed by atoms with E-state index in [4.69, 9.17) is 9.47 Å². The molecule has 22 heavy (non-hydrogen) atoms. The smallest absolute Gasteiger partial charge is 0.354 e. The lowest BCUT2D eigenvalue weighted by Gasteiger charge is -2.11. The minimum absolute atomic E-state index is 0.154. The summed E-state index contributed by atoms with van der Waals surface area (Å²) in [5.41, 5.74) is 2.85. The molecule has 0 radical (unpaired) electrons. The highest BCUT2D eigenvalue weighted by Gasteiger charge is 2.12. The summed E-state index contributed by atoms with van der Waals surface area (Å²) in [5.74, 6) is 0.256. The van der Waals surface area contributed by atoms with Gasteiger partial charge in [-0.25, -0.2) is 4.79 Å². The second kappa shape index (κ2) is 7.31. The minimum Gasteiger partial charge on any atom is -0.473 e. The van der Waals surface area contributed by atoms with E-state index in [0.29, 0.717) is 5.70 Å². The molecule has 2 rings (SSSR count). The van der Waals surface area contributed by atoms with Crippen LogP contribution in [0.15, 0.2) is 36.0 Å². The van der Waals surface area contributed by atoms with Crippen molar-refractivity contribution in [2.45, 2.75) is 13.8 Å². The number of benzene rings is 1. The first kappa shape index (κ1) is 15.6. The lowest BCUT2D eigenvalue weighted by Crippen LogP contribution is -2.25. The van der Waals surface area contributed by atoms with E-state index >= 15 is 0 Å². The molecule has 0 atom stereocenters. The summed E-state index contributed by atoms with van der Waals surface area (Å²) < 4.78 is 10.3. The largest absolute Gasteiger partial charge is 0.473 e. The number of aryl methyl sites for hydroxylation is 2. The van der Waals surface area contributed by atoms with Gasteiger partial charge in [0.25, 0.3) is 0 Å². The molecule has 1 heterocycles. The SMILES string of the molecule is COC(=O)/C(=C/c1c(C)n[nH]c1C)NCOc1ccccc1. The Morgan fingerprint density at radius 2 is 2.05 bits per heavy atom. The third-order valence-electron chi connectivity index (χ3n) is 3.12. The average Bonchev–Trinajstić information content (AvgIpc) is 2.85. The topological polar surface area (TPSA) is 76.2 Å². The summed E-state index contributed by atoms with van der Waals surface area (Å²) in [6, 6.07) is 9.35. The highest BCUT2D eigenvalue weighted by Crippen LogP contribution is 2.14. The maximum atomic E-state index is 11.9. The van der Waals surface area contributed by atoms with Gasteiger partial charge in [0.15, 0.2) is 6.73 Å². The maximum Gasteiger partial charge on any atom is 0.354 e. The second-order valence-corrected chi connectivity index (χ2v) is 4.68. The second-order valence-electron chi connectivity index (χ2n) is 4.68. The Kier molecular flexibility index (Phi) is 5.19. The number of hydrogen-bond acceptors (Lipinski definition) is 5. The van der Waals surface area contributed by atoms with Crippen molar-refractivity contribution in [1.82, 2.24) is 15.5 Å². The predicted molar refractivity (Wildman–Crippen MR) is 83.1 cm³/mol. The van der Waals surface area contributed by atoms with Crippen LogP contribution in [0.1, 0.15) is 17.0 Å². The van der Waals surface area contributed by atoms with Gasteiger partial charge in [0.05, 0.1) is 12.8 Å². The van der Waals surface area contributed by atoms with Crippen LogP contribution < -0.4 is 10.1 Å². The predicted octanol–water partition coefficient (Wildman–Crippen LogP) is 2.17. The molecule has 0 saturated heterocycles. The van der Waals surface area contributed by atoms with Gasteiger partial charge < -0.3 is 14.8 Å². The summed E-state index contributed by atoms with van der Waals surface area (Å²) in [5, 5.41) is 9.91. The molecule has 0 aliphatic heterocycles. The number of H-pyrrole nitrogens is 1. The van der Waals surface area contributed by atoms with Crippen LogP contribution in [0.5, 0.6) is 5.75 Å². The van der Waals surface area contributed by atoms with Crippen molar-refractivity contribution in [3.63, 3.8) is 0 Å². The Balaban J connectivity index is 2.09. The fourth-order valence-electron chi connectivity index (χ4n) is 1.92. The van der Waals surface area contributed by atoms with Gasteiger partial charge in [-0.2, -0.15) is 5.10 Å². The van der Waals surface area contributed by atoms with Crippen molar-refractivity contribution in [2.24, 2.45) is 0 Å². The molecule has 0 saturated carbocycles. The van der Waals surface area contributed by atoms with Gasteiger partial charge in [0.1, 0.15) is 11.4 Å². The molecule has 0 aliphatic carbocycles. The Labute approximate surface area is 129 Å². The number of ether oxygens (including phenoxy) is 2. The average molecular weight is 301 g/mol.